The van der Waals surface area contributed by atoms with Gasteiger partial charge in [0.2, 0.25) is 0 Å². The Morgan fingerprint density at radius 2 is 2.06 bits per heavy atom. The van der Waals surface area contributed by atoms with E-state index in [4.69, 9.17) is 0 Å². The minimum atomic E-state index is 0.844. The normalized spacial score (nSPS) is 15.5. The SMILES string of the molecule is CCCNCc1cccc(CN(C)C2CC2)c1. The molecule has 94 valence electrons. The maximum absolute atomic E-state index is 3.45. The monoisotopic (exact) mass is 232 g/mol. The minimum Gasteiger partial charge on any atom is -0.313 e. The van der Waals surface area contributed by atoms with Crippen molar-refractivity contribution < 1.29 is 0 Å². The summed E-state index contributed by atoms with van der Waals surface area (Å²) >= 11 is 0. The molecule has 1 fully saturated rings. The van der Waals surface area contributed by atoms with Gasteiger partial charge in [-0.2, -0.15) is 0 Å². The molecule has 2 nitrogen and oxygen atoms in total. The van der Waals surface area contributed by atoms with Gasteiger partial charge < -0.3 is 5.32 Å². The lowest BCUT2D eigenvalue weighted by Gasteiger charge is -2.16. The summed E-state index contributed by atoms with van der Waals surface area (Å²) in [6.45, 7) is 5.39. The van der Waals surface area contributed by atoms with Gasteiger partial charge in [0.25, 0.3) is 0 Å². The number of benzene rings is 1. The molecule has 1 N–H and O–H groups in total. The quantitative estimate of drug-likeness (QED) is 0.727. The molecule has 0 aliphatic heterocycles. The molecule has 0 unspecified atom stereocenters. The Morgan fingerprint density at radius 1 is 1.29 bits per heavy atom. The van der Waals surface area contributed by atoms with Crippen molar-refractivity contribution in [3.05, 3.63) is 35.4 Å². The van der Waals surface area contributed by atoms with Crippen molar-refractivity contribution in [2.45, 2.75) is 45.3 Å². The lowest BCUT2D eigenvalue weighted by molar-refractivity contribution is 0.316. The predicted octanol–water partition coefficient (Wildman–Crippen LogP) is 2.78. The molecule has 1 aromatic carbocycles. The van der Waals surface area contributed by atoms with E-state index in [1.165, 1.54) is 30.4 Å². The average Bonchev–Trinajstić information content (AvgIpc) is 3.14. The van der Waals surface area contributed by atoms with Crippen molar-refractivity contribution in [1.82, 2.24) is 10.2 Å². The molecule has 1 aliphatic rings. The van der Waals surface area contributed by atoms with Crippen LogP contribution < -0.4 is 5.32 Å². The Morgan fingerprint density at radius 3 is 2.76 bits per heavy atom. The van der Waals surface area contributed by atoms with E-state index in [0.29, 0.717) is 0 Å². The molecule has 17 heavy (non-hydrogen) atoms. The zero-order chi connectivity index (χ0) is 12.1. The van der Waals surface area contributed by atoms with E-state index in [1.807, 2.05) is 0 Å². The van der Waals surface area contributed by atoms with Gasteiger partial charge in [-0.25, -0.2) is 0 Å². The van der Waals surface area contributed by atoms with Gasteiger partial charge in [-0.05, 0) is 44.0 Å². The minimum absolute atomic E-state index is 0.844. The van der Waals surface area contributed by atoms with Gasteiger partial charge in [-0.3, -0.25) is 4.90 Å². The first-order chi connectivity index (χ1) is 8.29. The van der Waals surface area contributed by atoms with Crippen molar-refractivity contribution in [3.8, 4) is 0 Å². The highest BCUT2D eigenvalue weighted by Gasteiger charge is 2.25. The third-order valence-electron chi connectivity index (χ3n) is 3.35. The summed E-state index contributed by atoms with van der Waals surface area (Å²) < 4.78 is 0. The van der Waals surface area contributed by atoms with E-state index in [0.717, 1.165) is 25.7 Å². The van der Waals surface area contributed by atoms with Crippen molar-refractivity contribution in [2.24, 2.45) is 0 Å². The van der Waals surface area contributed by atoms with E-state index in [2.05, 4.69) is 48.5 Å². The highest BCUT2D eigenvalue weighted by atomic mass is 15.1. The largest absolute Gasteiger partial charge is 0.313 e. The predicted molar refractivity (Wildman–Crippen MR) is 72.9 cm³/mol. The van der Waals surface area contributed by atoms with E-state index >= 15 is 0 Å². The first kappa shape index (κ1) is 12.6. The van der Waals surface area contributed by atoms with Gasteiger partial charge in [-0.1, -0.05) is 31.2 Å². The maximum Gasteiger partial charge on any atom is 0.0233 e. The number of nitrogens with zero attached hydrogens (tertiary/aromatic N) is 1. The molecule has 2 heteroatoms. The van der Waals surface area contributed by atoms with Crippen LogP contribution in [0.25, 0.3) is 0 Å². The van der Waals surface area contributed by atoms with Gasteiger partial charge in [0.15, 0.2) is 0 Å². The van der Waals surface area contributed by atoms with Crippen LogP contribution in [-0.4, -0.2) is 24.5 Å². The molecule has 0 saturated heterocycles. The first-order valence-corrected chi connectivity index (χ1v) is 6.78. The molecule has 0 atom stereocenters. The lowest BCUT2D eigenvalue weighted by atomic mass is 10.1. The number of hydrogen-bond acceptors (Lipinski definition) is 2. The van der Waals surface area contributed by atoms with Crippen LogP contribution in [0.4, 0.5) is 0 Å². The highest BCUT2D eigenvalue weighted by molar-refractivity contribution is 5.23. The molecule has 0 radical (unpaired) electrons. The molecular formula is C15H24N2. The van der Waals surface area contributed by atoms with Crippen molar-refractivity contribution in [1.29, 1.82) is 0 Å². The molecular weight excluding hydrogens is 208 g/mol. The standard InChI is InChI=1S/C15H24N2/c1-3-9-16-11-13-5-4-6-14(10-13)12-17(2)15-7-8-15/h4-6,10,15-16H,3,7-9,11-12H2,1-2H3. The molecule has 0 amide bonds. The van der Waals surface area contributed by atoms with Gasteiger partial charge >= 0.3 is 0 Å². The van der Waals surface area contributed by atoms with Crippen LogP contribution in [0.5, 0.6) is 0 Å². The summed E-state index contributed by atoms with van der Waals surface area (Å²) in [5.74, 6) is 0. The van der Waals surface area contributed by atoms with E-state index in [9.17, 15) is 0 Å². The first-order valence-electron chi connectivity index (χ1n) is 6.78. The Bertz CT molecular complexity index is 345. The Labute approximate surface area is 105 Å². The van der Waals surface area contributed by atoms with E-state index in [-0.39, 0.29) is 0 Å². The zero-order valence-electron chi connectivity index (χ0n) is 11.1. The fourth-order valence-corrected chi connectivity index (χ4v) is 2.18. The summed E-state index contributed by atoms with van der Waals surface area (Å²) in [5.41, 5.74) is 2.84. The molecule has 0 spiro atoms. The maximum atomic E-state index is 3.45. The third kappa shape index (κ3) is 4.14. The van der Waals surface area contributed by atoms with Crippen LogP contribution in [-0.2, 0) is 13.1 Å². The fraction of sp³-hybridized carbons (Fsp3) is 0.600. The third-order valence-corrected chi connectivity index (χ3v) is 3.35. The molecule has 0 aromatic heterocycles. The van der Waals surface area contributed by atoms with Gasteiger partial charge in [0.1, 0.15) is 0 Å². The second kappa shape index (κ2) is 6.18. The Hall–Kier alpha value is -0.860. The zero-order valence-corrected chi connectivity index (χ0v) is 11.1. The van der Waals surface area contributed by atoms with Crippen LogP contribution >= 0.6 is 0 Å². The van der Waals surface area contributed by atoms with Crippen molar-refractivity contribution in [3.63, 3.8) is 0 Å². The second-order valence-electron chi connectivity index (χ2n) is 5.14. The van der Waals surface area contributed by atoms with Crippen molar-refractivity contribution in [2.75, 3.05) is 13.6 Å². The number of hydrogen-bond donors (Lipinski definition) is 1. The van der Waals surface area contributed by atoms with Gasteiger partial charge in [-0.15, -0.1) is 0 Å². The second-order valence-corrected chi connectivity index (χ2v) is 5.14. The molecule has 1 aliphatic carbocycles. The average molecular weight is 232 g/mol. The summed E-state index contributed by atoms with van der Waals surface area (Å²) in [6, 6.07) is 9.81. The number of nitrogens with one attached hydrogen (secondary N) is 1. The molecule has 1 saturated carbocycles. The van der Waals surface area contributed by atoms with Gasteiger partial charge in [0.05, 0.1) is 0 Å². The summed E-state index contributed by atoms with van der Waals surface area (Å²) in [5, 5.41) is 3.45. The van der Waals surface area contributed by atoms with Crippen LogP contribution in [0.1, 0.15) is 37.3 Å². The van der Waals surface area contributed by atoms with Crippen LogP contribution in [0, 0.1) is 0 Å². The summed E-state index contributed by atoms with van der Waals surface area (Å²) in [6.07, 6.45) is 3.96. The molecule has 0 bridgehead atoms. The number of rotatable bonds is 7. The van der Waals surface area contributed by atoms with E-state index < -0.39 is 0 Å². The van der Waals surface area contributed by atoms with Crippen molar-refractivity contribution >= 4 is 0 Å². The lowest BCUT2D eigenvalue weighted by Crippen LogP contribution is -2.20. The summed E-state index contributed by atoms with van der Waals surface area (Å²) in [4.78, 5) is 2.47. The molecule has 0 heterocycles. The fourth-order valence-electron chi connectivity index (χ4n) is 2.18. The highest BCUT2D eigenvalue weighted by Crippen LogP contribution is 2.26. The Balaban J connectivity index is 1.86. The molecule has 1 aromatic rings. The van der Waals surface area contributed by atoms with Crippen LogP contribution in [0.2, 0.25) is 0 Å². The summed E-state index contributed by atoms with van der Waals surface area (Å²) in [7, 11) is 2.24. The van der Waals surface area contributed by atoms with Crippen LogP contribution in [0.15, 0.2) is 24.3 Å². The van der Waals surface area contributed by atoms with Gasteiger partial charge in [0, 0.05) is 19.1 Å². The smallest absolute Gasteiger partial charge is 0.0233 e. The Kier molecular flexibility index (Phi) is 4.57. The topological polar surface area (TPSA) is 15.3 Å². The van der Waals surface area contributed by atoms with Crippen LogP contribution in [0.3, 0.4) is 0 Å². The molecule has 2 rings (SSSR count). The van der Waals surface area contributed by atoms with E-state index in [1.54, 1.807) is 0 Å².